The summed E-state index contributed by atoms with van der Waals surface area (Å²) in [6.45, 7) is 8.42. The van der Waals surface area contributed by atoms with Crippen LogP contribution in [-0.4, -0.2) is 24.0 Å². The van der Waals surface area contributed by atoms with E-state index in [0.29, 0.717) is 6.42 Å². The predicted molar refractivity (Wildman–Crippen MR) is 106 cm³/mol. The average Bonchev–Trinajstić information content (AvgIpc) is 3.04. The first kappa shape index (κ1) is 17.9. The Morgan fingerprint density at radius 2 is 2.00 bits per heavy atom. The van der Waals surface area contributed by atoms with Gasteiger partial charge in [-0.3, -0.25) is 4.79 Å². The van der Waals surface area contributed by atoms with E-state index in [0.717, 1.165) is 35.2 Å². The Morgan fingerprint density at radius 3 is 2.72 bits per heavy atom. The van der Waals surface area contributed by atoms with Crippen LogP contribution in [0.1, 0.15) is 46.5 Å². The maximum atomic E-state index is 12.2. The lowest BCUT2D eigenvalue weighted by molar-refractivity contribution is -0.117. The Bertz CT molecular complexity index is 727. The minimum absolute atomic E-state index is 0.0139. The molecule has 25 heavy (non-hydrogen) atoms. The summed E-state index contributed by atoms with van der Waals surface area (Å²) in [7, 11) is 0. The van der Waals surface area contributed by atoms with Crippen LogP contribution in [0.25, 0.3) is 11.3 Å². The molecule has 1 fully saturated rings. The quantitative estimate of drug-likeness (QED) is 0.820. The van der Waals surface area contributed by atoms with Crippen LogP contribution in [0.15, 0.2) is 29.6 Å². The van der Waals surface area contributed by atoms with Crippen molar-refractivity contribution in [1.29, 1.82) is 0 Å². The first-order valence-corrected chi connectivity index (χ1v) is 9.89. The maximum absolute atomic E-state index is 12.2. The predicted octanol–water partition coefficient (Wildman–Crippen LogP) is 5.18. The number of nitrogens with zero attached hydrogens (tertiary/aromatic N) is 2. The molecule has 0 unspecified atom stereocenters. The first-order valence-electron chi connectivity index (χ1n) is 9.01. The molecule has 0 aliphatic carbocycles. The fourth-order valence-electron chi connectivity index (χ4n) is 3.07. The van der Waals surface area contributed by atoms with Gasteiger partial charge in [0.15, 0.2) is 5.13 Å². The summed E-state index contributed by atoms with van der Waals surface area (Å²) in [4.78, 5) is 19.4. The normalized spacial score (nSPS) is 15.2. The van der Waals surface area contributed by atoms with Gasteiger partial charge in [-0.2, -0.15) is 0 Å². The molecule has 1 aromatic heterocycles. The fraction of sp³-hybridized carbons (Fsp3) is 0.500. The van der Waals surface area contributed by atoms with E-state index >= 15 is 0 Å². The van der Waals surface area contributed by atoms with E-state index in [1.807, 2.05) is 18.2 Å². The van der Waals surface area contributed by atoms with E-state index in [4.69, 9.17) is 4.98 Å². The minimum Gasteiger partial charge on any atom is -0.348 e. The molecule has 1 saturated heterocycles. The van der Waals surface area contributed by atoms with Crippen molar-refractivity contribution in [3.05, 3.63) is 29.6 Å². The van der Waals surface area contributed by atoms with E-state index in [2.05, 4.69) is 42.4 Å². The number of rotatable bonds is 4. The van der Waals surface area contributed by atoms with Crippen molar-refractivity contribution >= 4 is 28.1 Å². The van der Waals surface area contributed by atoms with Crippen LogP contribution in [0, 0.1) is 5.41 Å². The molecule has 1 amide bonds. The second kappa shape index (κ2) is 7.56. The number of aromatic nitrogens is 1. The number of hydrogen-bond acceptors (Lipinski definition) is 4. The number of piperidine rings is 1. The molecule has 0 saturated carbocycles. The number of hydrogen-bond donors (Lipinski definition) is 1. The van der Waals surface area contributed by atoms with Crippen LogP contribution >= 0.6 is 11.3 Å². The molecule has 1 aliphatic heterocycles. The molecule has 134 valence electrons. The average molecular weight is 358 g/mol. The molecule has 1 aromatic carbocycles. The van der Waals surface area contributed by atoms with Crippen LogP contribution in [0.2, 0.25) is 0 Å². The molecule has 5 heteroatoms. The second-order valence-electron chi connectivity index (χ2n) is 7.93. The SMILES string of the molecule is CC(C)(C)CC(=O)Nc1cccc(-c2csc(N3CCCCC3)n2)c1. The van der Waals surface area contributed by atoms with Crippen molar-refractivity contribution < 1.29 is 4.79 Å². The highest BCUT2D eigenvalue weighted by Gasteiger charge is 2.17. The highest BCUT2D eigenvalue weighted by Crippen LogP contribution is 2.30. The molecule has 1 N–H and O–H groups in total. The number of amides is 1. The summed E-state index contributed by atoms with van der Waals surface area (Å²) in [6.07, 6.45) is 4.34. The van der Waals surface area contributed by atoms with Crippen molar-refractivity contribution in [2.75, 3.05) is 23.3 Å². The van der Waals surface area contributed by atoms with Gasteiger partial charge >= 0.3 is 0 Å². The number of anilines is 2. The second-order valence-corrected chi connectivity index (χ2v) is 8.77. The van der Waals surface area contributed by atoms with Gasteiger partial charge in [0.1, 0.15) is 0 Å². The van der Waals surface area contributed by atoms with Crippen molar-refractivity contribution in [2.45, 2.75) is 46.5 Å². The van der Waals surface area contributed by atoms with Crippen LogP contribution in [0.5, 0.6) is 0 Å². The summed E-state index contributed by atoms with van der Waals surface area (Å²) >= 11 is 1.71. The van der Waals surface area contributed by atoms with Crippen LogP contribution in [0.4, 0.5) is 10.8 Å². The van der Waals surface area contributed by atoms with Crippen molar-refractivity contribution in [2.24, 2.45) is 5.41 Å². The summed E-state index contributed by atoms with van der Waals surface area (Å²) in [5.41, 5.74) is 2.85. The first-order chi connectivity index (χ1) is 11.9. The third kappa shape index (κ3) is 5.05. The number of benzene rings is 1. The Morgan fingerprint density at radius 1 is 1.24 bits per heavy atom. The number of nitrogens with one attached hydrogen (secondary N) is 1. The summed E-state index contributed by atoms with van der Waals surface area (Å²) in [6, 6.07) is 7.97. The zero-order valence-electron chi connectivity index (χ0n) is 15.3. The van der Waals surface area contributed by atoms with E-state index in [9.17, 15) is 4.79 Å². The van der Waals surface area contributed by atoms with Gasteiger partial charge in [0.05, 0.1) is 5.69 Å². The third-order valence-electron chi connectivity index (χ3n) is 4.25. The van der Waals surface area contributed by atoms with Gasteiger partial charge in [0, 0.05) is 36.1 Å². The highest BCUT2D eigenvalue weighted by atomic mass is 32.1. The lowest BCUT2D eigenvalue weighted by Gasteiger charge is -2.25. The lowest BCUT2D eigenvalue weighted by atomic mass is 9.92. The summed E-state index contributed by atoms with van der Waals surface area (Å²) in [5, 5.41) is 6.22. The summed E-state index contributed by atoms with van der Waals surface area (Å²) < 4.78 is 0. The Kier molecular flexibility index (Phi) is 5.42. The molecule has 3 rings (SSSR count). The van der Waals surface area contributed by atoms with Crippen LogP contribution in [0.3, 0.4) is 0 Å². The van der Waals surface area contributed by atoms with Crippen molar-refractivity contribution in [3.8, 4) is 11.3 Å². The zero-order chi connectivity index (χ0) is 17.9. The highest BCUT2D eigenvalue weighted by molar-refractivity contribution is 7.14. The van der Waals surface area contributed by atoms with Crippen molar-refractivity contribution in [1.82, 2.24) is 4.98 Å². The van der Waals surface area contributed by atoms with Gasteiger partial charge in [0.25, 0.3) is 0 Å². The molecule has 0 spiro atoms. The van der Waals surface area contributed by atoms with Gasteiger partial charge in [-0.1, -0.05) is 32.9 Å². The number of thiazole rings is 1. The van der Waals surface area contributed by atoms with Gasteiger partial charge in [-0.25, -0.2) is 4.98 Å². The van der Waals surface area contributed by atoms with Gasteiger partial charge in [0.2, 0.25) is 5.91 Å². The van der Waals surface area contributed by atoms with Gasteiger partial charge in [-0.15, -0.1) is 11.3 Å². The van der Waals surface area contributed by atoms with Gasteiger partial charge < -0.3 is 10.2 Å². The Balaban J connectivity index is 1.71. The van der Waals surface area contributed by atoms with E-state index in [-0.39, 0.29) is 11.3 Å². The molecule has 2 aromatic rings. The van der Waals surface area contributed by atoms with E-state index in [1.54, 1.807) is 11.3 Å². The number of carbonyl (C=O) groups is 1. The molecular weight excluding hydrogens is 330 g/mol. The smallest absolute Gasteiger partial charge is 0.224 e. The molecule has 0 bridgehead atoms. The lowest BCUT2D eigenvalue weighted by Crippen LogP contribution is -2.29. The third-order valence-corrected chi connectivity index (χ3v) is 5.15. The molecule has 0 atom stereocenters. The zero-order valence-corrected chi connectivity index (χ0v) is 16.2. The topological polar surface area (TPSA) is 45.2 Å². The Labute approximate surface area is 154 Å². The monoisotopic (exact) mass is 357 g/mol. The van der Waals surface area contributed by atoms with Crippen molar-refractivity contribution in [3.63, 3.8) is 0 Å². The van der Waals surface area contributed by atoms with E-state index in [1.165, 1.54) is 19.3 Å². The standard InChI is InChI=1S/C20H27N3OS/c1-20(2,3)13-18(24)21-16-9-7-8-15(12-16)17-14-25-19(22-17)23-10-5-4-6-11-23/h7-9,12,14H,4-6,10-11,13H2,1-3H3,(H,21,24). The summed E-state index contributed by atoms with van der Waals surface area (Å²) in [5.74, 6) is 0.0527. The minimum atomic E-state index is -0.0139. The van der Waals surface area contributed by atoms with Crippen LogP contribution in [-0.2, 0) is 4.79 Å². The molecular formula is C20H27N3OS. The van der Waals surface area contributed by atoms with E-state index < -0.39 is 0 Å². The Hall–Kier alpha value is -1.88. The number of carbonyl (C=O) groups excluding carboxylic acids is 1. The largest absolute Gasteiger partial charge is 0.348 e. The molecule has 1 aliphatic rings. The molecule has 0 radical (unpaired) electrons. The molecule has 2 heterocycles. The van der Waals surface area contributed by atoms with Crippen LogP contribution < -0.4 is 10.2 Å². The van der Waals surface area contributed by atoms with Gasteiger partial charge in [-0.05, 0) is 36.8 Å². The maximum Gasteiger partial charge on any atom is 0.224 e. The fourth-order valence-corrected chi connectivity index (χ4v) is 3.96. The molecule has 4 nitrogen and oxygen atoms in total.